The molecule has 1 aliphatic rings. The number of rotatable bonds is 2. The first-order valence-corrected chi connectivity index (χ1v) is 4.92. The van der Waals surface area contributed by atoms with Crippen molar-refractivity contribution in [3.05, 3.63) is 33.8 Å². The smallest absolute Gasteiger partial charge is 0.0850 e. The molecule has 0 radical (unpaired) electrons. The van der Waals surface area contributed by atoms with Gasteiger partial charge in [0.15, 0.2) is 0 Å². The summed E-state index contributed by atoms with van der Waals surface area (Å²) in [6.07, 6.45) is 1.55. The quantitative estimate of drug-likeness (QED) is 0.707. The molecule has 2 heteroatoms. The minimum Gasteiger partial charge on any atom is -0.373 e. The Bertz CT molecular complexity index is 292. The summed E-state index contributed by atoms with van der Waals surface area (Å²) in [6, 6.07) is 6.32. The van der Waals surface area contributed by atoms with Crippen LogP contribution in [0.5, 0.6) is 0 Å². The topological polar surface area (TPSA) is 12.5 Å². The van der Waals surface area contributed by atoms with Gasteiger partial charge in [0.25, 0.3) is 0 Å². The highest BCUT2D eigenvalue weighted by molar-refractivity contribution is 9.10. The van der Waals surface area contributed by atoms with E-state index in [1.165, 1.54) is 15.6 Å². The fraction of sp³-hybridized carbons (Fsp3) is 0.400. The van der Waals surface area contributed by atoms with Gasteiger partial charge in [-0.25, -0.2) is 0 Å². The maximum Gasteiger partial charge on any atom is 0.0850 e. The molecule has 0 bridgehead atoms. The molecule has 0 amide bonds. The predicted molar refractivity (Wildman–Crippen MR) is 52.3 cm³/mol. The maximum absolute atomic E-state index is 5.19. The Morgan fingerprint density at radius 2 is 2.33 bits per heavy atom. The first-order valence-electron chi connectivity index (χ1n) is 4.13. The number of ether oxygens (including phenoxy) is 1. The second-order valence-electron chi connectivity index (χ2n) is 3.18. The van der Waals surface area contributed by atoms with Gasteiger partial charge in [-0.2, -0.15) is 0 Å². The van der Waals surface area contributed by atoms with Crippen LogP contribution < -0.4 is 0 Å². The second-order valence-corrected chi connectivity index (χ2v) is 4.04. The Kier molecular flexibility index (Phi) is 2.20. The third-order valence-corrected chi connectivity index (χ3v) is 3.09. The molecule has 0 saturated carbocycles. The number of hydrogen-bond donors (Lipinski definition) is 0. The highest BCUT2D eigenvalue weighted by Crippen LogP contribution is 2.23. The predicted octanol–water partition coefficient (Wildman–Crippen LogP) is 2.70. The average Bonchev–Trinajstić information content (AvgIpc) is 2.83. The molecule has 1 unspecified atom stereocenters. The fourth-order valence-electron chi connectivity index (χ4n) is 1.30. The molecular formula is C10H11BrO. The Hall–Kier alpha value is -0.340. The Morgan fingerprint density at radius 3 is 3.00 bits per heavy atom. The maximum atomic E-state index is 5.19. The van der Waals surface area contributed by atoms with E-state index < -0.39 is 0 Å². The third kappa shape index (κ3) is 1.70. The van der Waals surface area contributed by atoms with Crippen molar-refractivity contribution in [1.29, 1.82) is 0 Å². The van der Waals surface area contributed by atoms with Crippen molar-refractivity contribution in [3.8, 4) is 0 Å². The molecule has 1 aliphatic heterocycles. The summed E-state index contributed by atoms with van der Waals surface area (Å²) < 4.78 is 6.39. The van der Waals surface area contributed by atoms with Gasteiger partial charge in [0.1, 0.15) is 0 Å². The molecule has 1 atom stereocenters. The van der Waals surface area contributed by atoms with Gasteiger partial charge in [-0.15, -0.1) is 0 Å². The zero-order valence-corrected chi connectivity index (χ0v) is 8.60. The van der Waals surface area contributed by atoms with Gasteiger partial charge in [0.05, 0.1) is 12.7 Å². The fourth-order valence-corrected chi connectivity index (χ4v) is 1.71. The van der Waals surface area contributed by atoms with E-state index in [1.807, 2.05) is 0 Å². The van der Waals surface area contributed by atoms with Gasteiger partial charge in [-0.1, -0.05) is 28.1 Å². The highest BCUT2D eigenvalue weighted by atomic mass is 79.9. The van der Waals surface area contributed by atoms with Gasteiger partial charge < -0.3 is 4.74 Å². The molecule has 1 aromatic rings. The van der Waals surface area contributed by atoms with E-state index in [1.54, 1.807) is 0 Å². The lowest BCUT2D eigenvalue weighted by Crippen LogP contribution is -1.95. The van der Waals surface area contributed by atoms with Crippen LogP contribution in [0.2, 0.25) is 0 Å². The summed E-state index contributed by atoms with van der Waals surface area (Å²) in [7, 11) is 0. The third-order valence-electron chi connectivity index (χ3n) is 2.23. The van der Waals surface area contributed by atoms with Crippen molar-refractivity contribution in [2.45, 2.75) is 19.4 Å². The Morgan fingerprint density at radius 1 is 1.58 bits per heavy atom. The molecule has 1 heterocycles. The molecule has 1 saturated heterocycles. The first-order chi connectivity index (χ1) is 5.77. The first kappa shape index (κ1) is 8.27. The van der Waals surface area contributed by atoms with E-state index in [0.717, 1.165) is 13.0 Å². The van der Waals surface area contributed by atoms with Crippen molar-refractivity contribution < 1.29 is 4.74 Å². The zero-order valence-electron chi connectivity index (χ0n) is 7.01. The minimum atomic E-state index is 0.484. The zero-order chi connectivity index (χ0) is 8.55. The van der Waals surface area contributed by atoms with Gasteiger partial charge in [0, 0.05) is 10.9 Å². The summed E-state index contributed by atoms with van der Waals surface area (Å²) in [5, 5.41) is 0. The van der Waals surface area contributed by atoms with Crippen LogP contribution in [-0.4, -0.2) is 12.7 Å². The molecule has 1 aromatic carbocycles. The second kappa shape index (κ2) is 3.19. The molecule has 0 aliphatic carbocycles. The van der Waals surface area contributed by atoms with Gasteiger partial charge >= 0.3 is 0 Å². The number of halogens is 1. The number of benzene rings is 1. The molecule has 2 rings (SSSR count). The van der Waals surface area contributed by atoms with Crippen LogP contribution in [0.4, 0.5) is 0 Å². The van der Waals surface area contributed by atoms with Gasteiger partial charge in [0.2, 0.25) is 0 Å². The van der Waals surface area contributed by atoms with E-state index in [2.05, 4.69) is 41.1 Å². The lowest BCUT2D eigenvalue weighted by molar-refractivity contribution is 0.407. The van der Waals surface area contributed by atoms with E-state index in [0.29, 0.717) is 6.10 Å². The summed E-state index contributed by atoms with van der Waals surface area (Å²) in [4.78, 5) is 0. The number of epoxide rings is 1. The summed E-state index contributed by atoms with van der Waals surface area (Å²) >= 11 is 3.52. The van der Waals surface area contributed by atoms with Crippen molar-refractivity contribution in [2.24, 2.45) is 0 Å². The van der Waals surface area contributed by atoms with Crippen LogP contribution in [0.3, 0.4) is 0 Å². The van der Waals surface area contributed by atoms with E-state index >= 15 is 0 Å². The van der Waals surface area contributed by atoms with E-state index in [9.17, 15) is 0 Å². The molecule has 12 heavy (non-hydrogen) atoms. The van der Waals surface area contributed by atoms with Crippen molar-refractivity contribution in [1.82, 2.24) is 0 Å². The molecule has 0 N–H and O–H groups in total. The van der Waals surface area contributed by atoms with E-state index in [-0.39, 0.29) is 0 Å². The molecular weight excluding hydrogens is 216 g/mol. The van der Waals surface area contributed by atoms with Gasteiger partial charge in [-0.05, 0) is 24.1 Å². The minimum absolute atomic E-state index is 0.484. The molecule has 0 aromatic heterocycles. The number of hydrogen-bond acceptors (Lipinski definition) is 1. The van der Waals surface area contributed by atoms with Crippen LogP contribution >= 0.6 is 15.9 Å². The monoisotopic (exact) mass is 226 g/mol. The van der Waals surface area contributed by atoms with E-state index in [4.69, 9.17) is 4.74 Å². The van der Waals surface area contributed by atoms with Crippen LogP contribution in [-0.2, 0) is 11.2 Å². The summed E-state index contributed by atoms with van der Waals surface area (Å²) in [5.74, 6) is 0. The molecule has 0 spiro atoms. The van der Waals surface area contributed by atoms with Crippen molar-refractivity contribution in [2.75, 3.05) is 6.61 Å². The van der Waals surface area contributed by atoms with Crippen molar-refractivity contribution in [3.63, 3.8) is 0 Å². The summed E-state index contributed by atoms with van der Waals surface area (Å²) in [5.41, 5.74) is 2.74. The lowest BCUT2D eigenvalue weighted by atomic mass is 10.0. The van der Waals surface area contributed by atoms with Crippen molar-refractivity contribution >= 4 is 15.9 Å². The van der Waals surface area contributed by atoms with Crippen LogP contribution in [0.15, 0.2) is 22.7 Å². The lowest BCUT2D eigenvalue weighted by Gasteiger charge is -2.04. The molecule has 1 nitrogen and oxygen atoms in total. The standard InChI is InChI=1S/C10H11BrO/c1-7-8(5-9-6-12-9)3-2-4-10(7)11/h2-4,9H,5-6H2,1H3. The largest absolute Gasteiger partial charge is 0.373 e. The average molecular weight is 227 g/mol. The normalized spacial score (nSPS) is 21.0. The van der Waals surface area contributed by atoms with Crippen LogP contribution in [0, 0.1) is 6.92 Å². The van der Waals surface area contributed by atoms with Gasteiger partial charge in [-0.3, -0.25) is 0 Å². The molecule has 64 valence electrons. The Balaban J connectivity index is 2.23. The SMILES string of the molecule is Cc1c(Br)cccc1CC1CO1. The van der Waals surface area contributed by atoms with Crippen LogP contribution in [0.25, 0.3) is 0 Å². The van der Waals surface area contributed by atoms with Crippen LogP contribution in [0.1, 0.15) is 11.1 Å². The summed E-state index contributed by atoms with van der Waals surface area (Å²) in [6.45, 7) is 3.08. The highest BCUT2D eigenvalue weighted by Gasteiger charge is 2.23. The molecule has 1 fully saturated rings. The Labute approximate surface area is 80.9 Å².